The molecule has 0 aliphatic carbocycles. The van der Waals surface area contributed by atoms with Crippen LogP contribution in [0.4, 0.5) is 0 Å². The molecule has 2 radical (unpaired) electrons. The fraction of sp³-hybridized carbons (Fsp3) is 0. The monoisotopic (exact) mass is 392 g/mol. The molecule has 0 aromatic heterocycles. The molecule has 0 amide bonds. The Labute approximate surface area is 68.0 Å². The predicted molar refractivity (Wildman–Crippen MR) is 31.6 cm³/mol. The summed E-state index contributed by atoms with van der Waals surface area (Å²) in [6.45, 7) is 0. The van der Waals surface area contributed by atoms with Crippen molar-refractivity contribution in [1.29, 1.82) is 0 Å². The van der Waals surface area contributed by atoms with Crippen LogP contribution in [0.5, 0.6) is 0 Å². The molecular formula is H2Br2MgPb. The van der Waals surface area contributed by atoms with E-state index in [0.717, 1.165) is 0 Å². The second-order valence-corrected chi connectivity index (χ2v) is 16.9. The first-order chi connectivity index (χ1) is 1.41. The third kappa shape index (κ3) is 8.82. The molecule has 0 aliphatic rings. The van der Waals surface area contributed by atoms with Crippen LogP contribution in [0, 0.1) is 0 Å². The first kappa shape index (κ1) is 9.82. The number of halogens is 2. The van der Waals surface area contributed by atoms with E-state index in [2.05, 4.69) is 24.0 Å². The van der Waals surface area contributed by atoms with Gasteiger partial charge in [0.2, 0.25) is 0 Å². The molecule has 0 aromatic carbocycles. The van der Waals surface area contributed by atoms with Crippen molar-refractivity contribution in [3.8, 4) is 0 Å². The van der Waals surface area contributed by atoms with Crippen LogP contribution >= 0.6 is 24.0 Å². The van der Waals surface area contributed by atoms with E-state index in [0.29, 0.717) is 0 Å². The molecule has 0 saturated heterocycles. The average Bonchev–Trinajstić information content (AvgIpc) is 0.918. The summed E-state index contributed by atoms with van der Waals surface area (Å²) in [7, 11) is 0. The first-order valence-corrected chi connectivity index (χ1v) is 17.2. The van der Waals surface area contributed by atoms with Gasteiger partial charge in [0.1, 0.15) is 0 Å². The van der Waals surface area contributed by atoms with E-state index in [1.54, 1.807) is 0 Å². The van der Waals surface area contributed by atoms with Gasteiger partial charge in [-0.25, -0.2) is 0 Å². The summed E-state index contributed by atoms with van der Waals surface area (Å²) in [6.07, 6.45) is 0. The molecule has 0 N–H and O–H groups in total. The summed E-state index contributed by atoms with van der Waals surface area (Å²) in [5.41, 5.74) is 0. The average molecular weight is 393 g/mol. The largest absolute Gasteiger partial charge is 2.00 e. The van der Waals surface area contributed by atoms with Crippen molar-refractivity contribution in [2.45, 2.75) is 0 Å². The van der Waals surface area contributed by atoms with Gasteiger partial charge in [0.25, 0.3) is 0 Å². The van der Waals surface area contributed by atoms with E-state index in [4.69, 9.17) is 0 Å². The van der Waals surface area contributed by atoms with Gasteiger partial charge in [-0.3, -0.25) is 0 Å². The van der Waals surface area contributed by atoms with E-state index in [1.165, 1.54) is 0 Å². The molecule has 0 heterocycles. The molecule has 22 valence electrons. The van der Waals surface area contributed by atoms with Crippen LogP contribution < -0.4 is 0 Å². The van der Waals surface area contributed by atoms with Gasteiger partial charge in [-0.1, -0.05) is 0 Å². The van der Waals surface area contributed by atoms with E-state index in [-0.39, 0.29) is 45.3 Å². The van der Waals surface area contributed by atoms with Crippen molar-refractivity contribution in [2.24, 2.45) is 0 Å². The molecule has 0 unspecified atom stereocenters. The Kier molecular flexibility index (Phi) is 22.5. The predicted octanol–water partition coefficient (Wildman–Crippen LogP) is 1.15. The maximum absolute atomic E-state index is 3.26. The van der Waals surface area contributed by atoms with Gasteiger partial charge < -0.3 is 2.85 Å². The molecule has 4 heteroatoms. The molecule has 0 saturated carbocycles. The molecular weight excluding hydrogens is 391 g/mol. The molecule has 0 nitrogen and oxygen atoms in total. The van der Waals surface area contributed by atoms with Gasteiger partial charge in [0, 0.05) is 0 Å². The van der Waals surface area contributed by atoms with E-state index >= 15 is 0 Å². The molecule has 0 spiro atoms. The Morgan fingerprint density at radius 2 is 1.50 bits per heavy atom. The number of hydrogen-bond donors (Lipinski definition) is 0. The van der Waals surface area contributed by atoms with E-state index in [1.807, 2.05) is 0 Å². The maximum Gasteiger partial charge on any atom is 2.00 e. The van der Waals surface area contributed by atoms with Crippen LogP contribution in [0.15, 0.2) is 0 Å². The van der Waals surface area contributed by atoms with Gasteiger partial charge in [-0.2, -0.15) is 0 Å². The van der Waals surface area contributed by atoms with Gasteiger partial charge in [-0.05, 0) is 0 Å². The Balaban J connectivity index is -0.00000000667. The molecule has 0 aromatic rings. The number of hydrogen-bond acceptors (Lipinski definition) is 0. The Morgan fingerprint density at radius 3 is 1.50 bits per heavy atom. The van der Waals surface area contributed by atoms with Crippen molar-refractivity contribution >= 4 is 66.4 Å². The molecule has 0 rings (SSSR count). The van der Waals surface area contributed by atoms with Crippen LogP contribution in [-0.2, 0) is 0 Å². The summed E-state index contributed by atoms with van der Waals surface area (Å²) in [5, 5.41) is 0. The quantitative estimate of drug-likeness (QED) is 0.542. The van der Waals surface area contributed by atoms with Crippen molar-refractivity contribution in [3.63, 3.8) is 0 Å². The normalized spacial score (nSPS) is 4.50. The van der Waals surface area contributed by atoms with Crippen LogP contribution in [0.3, 0.4) is 0 Å². The standard InChI is InChI=1S/2BrH.Mg.Pb.2H/h2*1H;;;;/q;;2*+2;2*-1/p-2. The van der Waals surface area contributed by atoms with Crippen LogP contribution in [0.25, 0.3) is 0 Å². The third-order valence-electron chi connectivity index (χ3n) is 0. The summed E-state index contributed by atoms with van der Waals surface area (Å²) >= 11 is 6.22. The topological polar surface area (TPSA) is 0 Å². The van der Waals surface area contributed by atoms with Crippen molar-refractivity contribution in [3.05, 3.63) is 0 Å². The fourth-order valence-electron chi connectivity index (χ4n) is 0. The molecule has 0 aliphatic heterocycles. The molecule has 4 heavy (non-hydrogen) atoms. The smallest absolute Gasteiger partial charge is 1.00 e. The zero-order chi connectivity index (χ0) is 2.71. The van der Waals surface area contributed by atoms with Gasteiger partial charge in [0.05, 0.1) is 0 Å². The Morgan fingerprint density at radius 1 is 1.50 bits per heavy atom. The minimum atomic E-state index is -0.292. The van der Waals surface area contributed by atoms with Crippen LogP contribution in [-0.4, -0.2) is 42.5 Å². The molecule has 0 fully saturated rings. The molecule has 0 bridgehead atoms. The Bertz CT molecular complexity index is 11.5. The van der Waals surface area contributed by atoms with E-state index in [9.17, 15) is 0 Å². The van der Waals surface area contributed by atoms with Crippen LogP contribution in [0.1, 0.15) is 2.85 Å². The Hall–Kier alpha value is 2.65. The van der Waals surface area contributed by atoms with Gasteiger partial charge in [-0.15, -0.1) is 0 Å². The van der Waals surface area contributed by atoms with Crippen LogP contribution in [0.2, 0.25) is 0 Å². The zero-order valence-electron chi connectivity index (χ0n) is 3.96. The van der Waals surface area contributed by atoms with Crippen molar-refractivity contribution < 1.29 is 2.85 Å². The summed E-state index contributed by atoms with van der Waals surface area (Å²) < 4.78 is 0. The van der Waals surface area contributed by atoms with Gasteiger partial charge in [0.15, 0.2) is 0 Å². The fourth-order valence-corrected chi connectivity index (χ4v) is 0. The third-order valence-corrected chi connectivity index (χ3v) is 0. The number of rotatable bonds is 0. The minimum Gasteiger partial charge on any atom is -1.00 e. The first-order valence-electron chi connectivity index (χ1n) is 0.378. The second-order valence-electron chi connectivity index (χ2n) is 0.0714. The summed E-state index contributed by atoms with van der Waals surface area (Å²) in [5.74, 6) is 0. The molecule has 0 atom stereocenters. The van der Waals surface area contributed by atoms with Gasteiger partial charge >= 0.3 is 66.4 Å². The zero-order valence-corrected chi connectivity index (χ0v) is 10.4. The summed E-state index contributed by atoms with van der Waals surface area (Å²) in [4.78, 5) is 0. The van der Waals surface area contributed by atoms with Crippen molar-refractivity contribution in [2.75, 3.05) is 0 Å². The summed E-state index contributed by atoms with van der Waals surface area (Å²) in [6, 6.07) is 0. The maximum atomic E-state index is 3.26. The SMILES string of the molecule is [Br][Pb][Br].[H-].[H-].[Mg+2]. The second kappa shape index (κ2) is 9.17. The minimum absolute atomic E-state index is 0. The van der Waals surface area contributed by atoms with E-state index < -0.39 is 0 Å². The van der Waals surface area contributed by atoms with Crippen molar-refractivity contribution in [1.82, 2.24) is 0 Å².